The molecule has 1 aliphatic rings. The zero-order valence-electron chi connectivity index (χ0n) is 13.8. The minimum atomic E-state index is 0.654. The molecule has 0 aliphatic carbocycles. The standard InChI is InChI=1S/C17H19N7O/c1-2-22-25-16(1)12-24-5-3-23(4-6-24)11-14-7-20-17(21-8-14)15-9-18-13-19-10-15/h1-2,7-10,13H,3-6,11-12H2. The first-order valence-corrected chi connectivity index (χ1v) is 8.27. The van der Waals surface area contributed by atoms with Crippen molar-refractivity contribution < 1.29 is 4.52 Å². The van der Waals surface area contributed by atoms with Crippen LogP contribution in [0.2, 0.25) is 0 Å². The molecule has 0 radical (unpaired) electrons. The van der Waals surface area contributed by atoms with Crippen LogP contribution in [0.3, 0.4) is 0 Å². The van der Waals surface area contributed by atoms with Crippen molar-refractivity contribution >= 4 is 0 Å². The Balaban J connectivity index is 1.30. The fraction of sp³-hybridized carbons (Fsp3) is 0.353. The van der Waals surface area contributed by atoms with Gasteiger partial charge in [-0.2, -0.15) is 0 Å². The summed E-state index contributed by atoms with van der Waals surface area (Å²) in [6, 6.07) is 1.92. The molecule has 0 atom stereocenters. The Morgan fingerprint density at radius 3 is 2.20 bits per heavy atom. The Bertz CT molecular complexity index is 769. The topological polar surface area (TPSA) is 84.1 Å². The molecule has 8 heteroatoms. The van der Waals surface area contributed by atoms with Crippen LogP contribution in [0.5, 0.6) is 0 Å². The monoisotopic (exact) mass is 337 g/mol. The molecule has 0 bridgehead atoms. The molecule has 25 heavy (non-hydrogen) atoms. The summed E-state index contributed by atoms with van der Waals surface area (Å²) in [5, 5.41) is 3.75. The maximum absolute atomic E-state index is 5.18. The van der Waals surface area contributed by atoms with Gasteiger partial charge in [0.1, 0.15) is 6.33 Å². The van der Waals surface area contributed by atoms with E-state index in [9.17, 15) is 0 Å². The Labute approximate surface area is 145 Å². The summed E-state index contributed by atoms with van der Waals surface area (Å²) in [5.74, 6) is 1.57. The van der Waals surface area contributed by atoms with Crippen molar-refractivity contribution in [1.82, 2.24) is 34.9 Å². The van der Waals surface area contributed by atoms with Crippen LogP contribution in [0.25, 0.3) is 11.4 Å². The average Bonchev–Trinajstić information content (AvgIpc) is 3.18. The molecule has 128 valence electrons. The molecule has 0 unspecified atom stereocenters. The minimum Gasteiger partial charge on any atom is -0.360 e. The molecule has 0 amide bonds. The molecule has 4 rings (SSSR count). The zero-order chi connectivity index (χ0) is 16.9. The number of piperazine rings is 1. The molecule has 3 aromatic rings. The molecule has 0 spiro atoms. The highest BCUT2D eigenvalue weighted by Gasteiger charge is 2.18. The second kappa shape index (κ2) is 7.45. The van der Waals surface area contributed by atoms with Crippen molar-refractivity contribution in [2.45, 2.75) is 13.1 Å². The van der Waals surface area contributed by atoms with E-state index in [0.29, 0.717) is 5.82 Å². The largest absolute Gasteiger partial charge is 0.360 e. The van der Waals surface area contributed by atoms with Gasteiger partial charge in [-0.3, -0.25) is 9.80 Å². The van der Waals surface area contributed by atoms with E-state index in [2.05, 4.69) is 34.9 Å². The molecule has 1 saturated heterocycles. The SMILES string of the molecule is c1ncc(-c2ncc(CN3CCN(Cc4ccno4)CC3)cn2)cn1. The number of nitrogens with zero attached hydrogens (tertiary/aromatic N) is 7. The molecular formula is C17H19N7O. The fourth-order valence-electron chi connectivity index (χ4n) is 2.91. The molecule has 0 saturated carbocycles. The lowest BCUT2D eigenvalue weighted by Gasteiger charge is -2.34. The van der Waals surface area contributed by atoms with E-state index in [4.69, 9.17) is 4.52 Å². The summed E-state index contributed by atoms with van der Waals surface area (Å²) in [4.78, 5) is 21.7. The van der Waals surface area contributed by atoms with Crippen molar-refractivity contribution in [2.75, 3.05) is 26.2 Å². The van der Waals surface area contributed by atoms with E-state index in [1.807, 2.05) is 18.5 Å². The van der Waals surface area contributed by atoms with Crippen LogP contribution >= 0.6 is 0 Å². The fourth-order valence-corrected chi connectivity index (χ4v) is 2.91. The Kier molecular flexibility index (Phi) is 4.71. The Morgan fingerprint density at radius 2 is 1.56 bits per heavy atom. The van der Waals surface area contributed by atoms with Crippen LogP contribution in [0.4, 0.5) is 0 Å². The smallest absolute Gasteiger partial charge is 0.162 e. The quantitative estimate of drug-likeness (QED) is 0.687. The lowest BCUT2D eigenvalue weighted by Crippen LogP contribution is -2.45. The van der Waals surface area contributed by atoms with Gasteiger partial charge in [-0.1, -0.05) is 5.16 Å². The van der Waals surface area contributed by atoms with Crippen LogP contribution < -0.4 is 0 Å². The normalized spacial score (nSPS) is 16.2. The summed E-state index contributed by atoms with van der Waals surface area (Å²) < 4.78 is 5.18. The maximum Gasteiger partial charge on any atom is 0.162 e. The van der Waals surface area contributed by atoms with Crippen LogP contribution in [-0.4, -0.2) is 61.1 Å². The van der Waals surface area contributed by atoms with Gasteiger partial charge in [0, 0.05) is 69.1 Å². The third-order valence-electron chi connectivity index (χ3n) is 4.27. The van der Waals surface area contributed by atoms with Crippen molar-refractivity contribution in [3.05, 3.63) is 54.7 Å². The van der Waals surface area contributed by atoms with Crippen LogP contribution in [0, 0.1) is 0 Å². The second-order valence-electron chi connectivity index (χ2n) is 6.07. The summed E-state index contributed by atoms with van der Waals surface area (Å²) >= 11 is 0. The summed E-state index contributed by atoms with van der Waals surface area (Å²) in [7, 11) is 0. The number of aromatic nitrogens is 5. The third kappa shape index (κ3) is 4.04. The molecule has 4 heterocycles. The zero-order valence-corrected chi connectivity index (χ0v) is 13.8. The van der Waals surface area contributed by atoms with Gasteiger partial charge in [0.2, 0.25) is 0 Å². The maximum atomic E-state index is 5.18. The van der Waals surface area contributed by atoms with Crippen molar-refractivity contribution in [3.63, 3.8) is 0 Å². The summed E-state index contributed by atoms with van der Waals surface area (Å²) in [5.41, 5.74) is 1.94. The van der Waals surface area contributed by atoms with Gasteiger partial charge in [0.05, 0.1) is 18.3 Å². The Hall–Kier alpha value is -2.71. The predicted octanol–water partition coefficient (Wildman–Crippen LogP) is 1.24. The predicted molar refractivity (Wildman–Crippen MR) is 90.1 cm³/mol. The molecule has 1 aliphatic heterocycles. The number of hydrogen-bond acceptors (Lipinski definition) is 8. The molecule has 0 N–H and O–H groups in total. The second-order valence-corrected chi connectivity index (χ2v) is 6.07. The molecule has 1 fully saturated rings. The molecule has 3 aromatic heterocycles. The van der Waals surface area contributed by atoms with E-state index in [1.54, 1.807) is 18.6 Å². The summed E-state index contributed by atoms with van der Waals surface area (Å²) in [6.07, 6.45) is 10.4. The van der Waals surface area contributed by atoms with Gasteiger partial charge in [-0.05, 0) is 0 Å². The number of rotatable bonds is 5. The Morgan fingerprint density at radius 1 is 0.880 bits per heavy atom. The van der Waals surface area contributed by atoms with Crippen LogP contribution in [0.1, 0.15) is 11.3 Å². The molecule has 8 nitrogen and oxygen atoms in total. The van der Waals surface area contributed by atoms with Crippen LogP contribution in [0.15, 0.2) is 47.9 Å². The summed E-state index contributed by atoms with van der Waals surface area (Å²) in [6.45, 7) is 5.75. The van der Waals surface area contributed by atoms with Crippen molar-refractivity contribution in [2.24, 2.45) is 0 Å². The van der Waals surface area contributed by atoms with Crippen molar-refractivity contribution in [3.8, 4) is 11.4 Å². The van der Waals surface area contributed by atoms with E-state index in [0.717, 1.165) is 56.2 Å². The van der Waals surface area contributed by atoms with Crippen LogP contribution in [-0.2, 0) is 13.1 Å². The lowest BCUT2D eigenvalue weighted by molar-refractivity contribution is 0.113. The number of hydrogen-bond donors (Lipinski definition) is 0. The van der Waals surface area contributed by atoms with Gasteiger partial charge < -0.3 is 4.52 Å². The highest BCUT2D eigenvalue weighted by Crippen LogP contribution is 2.13. The third-order valence-corrected chi connectivity index (χ3v) is 4.27. The van der Waals surface area contributed by atoms with E-state index >= 15 is 0 Å². The highest BCUT2D eigenvalue weighted by molar-refractivity contribution is 5.50. The lowest BCUT2D eigenvalue weighted by atomic mass is 10.2. The van der Waals surface area contributed by atoms with Gasteiger partial charge in [-0.25, -0.2) is 19.9 Å². The first-order chi connectivity index (χ1) is 12.4. The first-order valence-electron chi connectivity index (χ1n) is 8.27. The first kappa shape index (κ1) is 15.8. The van der Waals surface area contributed by atoms with Gasteiger partial charge in [0.25, 0.3) is 0 Å². The van der Waals surface area contributed by atoms with Crippen molar-refractivity contribution in [1.29, 1.82) is 0 Å². The van der Waals surface area contributed by atoms with E-state index in [-0.39, 0.29) is 0 Å². The minimum absolute atomic E-state index is 0.654. The van der Waals surface area contributed by atoms with Gasteiger partial charge >= 0.3 is 0 Å². The van der Waals surface area contributed by atoms with E-state index in [1.165, 1.54) is 6.33 Å². The van der Waals surface area contributed by atoms with Gasteiger partial charge in [-0.15, -0.1) is 0 Å². The highest BCUT2D eigenvalue weighted by atomic mass is 16.5. The van der Waals surface area contributed by atoms with Gasteiger partial charge in [0.15, 0.2) is 11.6 Å². The molecular weight excluding hydrogens is 318 g/mol. The molecule has 0 aromatic carbocycles. The van der Waals surface area contributed by atoms with E-state index < -0.39 is 0 Å². The average molecular weight is 337 g/mol.